The summed E-state index contributed by atoms with van der Waals surface area (Å²) in [7, 11) is 0. The lowest BCUT2D eigenvalue weighted by Crippen LogP contribution is -2.12. The van der Waals surface area contributed by atoms with Gasteiger partial charge in [0, 0.05) is 17.0 Å². The van der Waals surface area contributed by atoms with Crippen LogP contribution in [0.2, 0.25) is 0 Å². The van der Waals surface area contributed by atoms with Crippen LogP contribution < -0.4 is 10.1 Å². The number of rotatable bonds is 5. The van der Waals surface area contributed by atoms with Crippen LogP contribution in [0, 0.1) is 6.92 Å². The molecule has 2 aromatic rings. The maximum absolute atomic E-state index is 5.58. The first-order valence-electron chi connectivity index (χ1n) is 6.31. The molecule has 0 spiro atoms. The van der Waals surface area contributed by atoms with Gasteiger partial charge in [-0.3, -0.25) is 0 Å². The van der Waals surface area contributed by atoms with E-state index in [1.54, 1.807) is 11.3 Å². The van der Waals surface area contributed by atoms with Crippen LogP contribution in [-0.4, -0.2) is 27.6 Å². The van der Waals surface area contributed by atoms with Crippen molar-refractivity contribution in [2.45, 2.75) is 33.8 Å². The summed E-state index contributed by atoms with van der Waals surface area (Å²) >= 11 is 1.68. The third-order valence-corrected chi connectivity index (χ3v) is 3.24. The quantitative estimate of drug-likeness (QED) is 0.910. The first-order valence-corrected chi connectivity index (χ1v) is 7.19. The molecule has 2 aromatic heterocycles. The zero-order valence-corrected chi connectivity index (χ0v) is 12.4. The number of ether oxygens (including phenoxy) is 1. The molecule has 0 bridgehead atoms. The molecule has 2 heterocycles. The van der Waals surface area contributed by atoms with Crippen LogP contribution in [0.5, 0.6) is 6.01 Å². The van der Waals surface area contributed by atoms with Crippen molar-refractivity contribution >= 4 is 17.3 Å². The van der Waals surface area contributed by atoms with Crippen LogP contribution in [0.1, 0.15) is 25.6 Å². The van der Waals surface area contributed by atoms with Crippen molar-refractivity contribution in [3.63, 3.8) is 0 Å². The smallest absolute Gasteiger partial charge is 0.322 e. The molecule has 6 heteroatoms. The summed E-state index contributed by atoms with van der Waals surface area (Å²) in [6.07, 6.45) is 0.0355. The summed E-state index contributed by atoms with van der Waals surface area (Å²) in [4.78, 5) is 14.2. The standard InChI is InChI=1S/C13H18N4OS/c1-5-14-12-15-11(10-6-7-19-9(10)4)16-13(17-12)18-8(2)3/h6-8H,5H2,1-4H3,(H,14,15,16,17). The Bertz CT molecular complexity index is 553. The average molecular weight is 278 g/mol. The topological polar surface area (TPSA) is 59.9 Å². The number of anilines is 1. The predicted octanol–water partition coefficient (Wildman–Crippen LogP) is 3.13. The van der Waals surface area contributed by atoms with Gasteiger partial charge in [-0.2, -0.15) is 15.0 Å². The third kappa shape index (κ3) is 3.41. The molecule has 1 N–H and O–H groups in total. The molecule has 2 rings (SSSR count). The van der Waals surface area contributed by atoms with Gasteiger partial charge in [0.25, 0.3) is 0 Å². The van der Waals surface area contributed by atoms with E-state index in [-0.39, 0.29) is 6.10 Å². The fraction of sp³-hybridized carbons (Fsp3) is 0.462. The van der Waals surface area contributed by atoms with Crippen LogP contribution in [0.25, 0.3) is 11.4 Å². The lowest BCUT2D eigenvalue weighted by Gasteiger charge is -2.10. The summed E-state index contributed by atoms with van der Waals surface area (Å²) < 4.78 is 5.58. The van der Waals surface area contributed by atoms with Gasteiger partial charge >= 0.3 is 6.01 Å². The van der Waals surface area contributed by atoms with E-state index in [1.165, 1.54) is 4.88 Å². The van der Waals surface area contributed by atoms with Gasteiger partial charge in [0.1, 0.15) is 0 Å². The molecule has 0 amide bonds. The van der Waals surface area contributed by atoms with Crippen molar-refractivity contribution in [1.82, 2.24) is 15.0 Å². The van der Waals surface area contributed by atoms with Crippen molar-refractivity contribution in [2.24, 2.45) is 0 Å². The summed E-state index contributed by atoms with van der Waals surface area (Å²) in [6.45, 7) is 8.72. The van der Waals surface area contributed by atoms with E-state index in [0.717, 1.165) is 12.1 Å². The highest BCUT2D eigenvalue weighted by atomic mass is 32.1. The molecule has 0 aromatic carbocycles. The second-order valence-corrected chi connectivity index (χ2v) is 5.47. The zero-order valence-electron chi connectivity index (χ0n) is 11.6. The van der Waals surface area contributed by atoms with Gasteiger partial charge in [-0.05, 0) is 39.1 Å². The van der Waals surface area contributed by atoms with E-state index in [9.17, 15) is 0 Å². The number of hydrogen-bond donors (Lipinski definition) is 1. The number of thiophene rings is 1. The number of aryl methyl sites for hydroxylation is 1. The van der Waals surface area contributed by atoms with Gasteiger partial charge in [-0.25, -0.2) is 0 Å². The Kier molecular flexibility index (Phi) is 4.31. The van der Waals surface area contributed by atoms with Gasteiger partial charge in [-0.1, -0.05) is 0 Å². The number of aromatic nitrogens is 3. The molecule has 0 radical (unpaired) electrons. The number of hydrogen-bond acceptors (Lipinski definition) is 6. The Morgan fingerprint density at radius 2 is 2.11 bits per heavy atom. The molecule has 19 heavy (non-hydrogen) atoms. The van der Waals surface area contributed by atoms with E-state index in [2.05, 4.69) is 27.2 Å². The van der Waals surface area contributed by atoms with Crippen molar-refractivity contribution in [2.75, 3.05) is 11.9 Å². The fourth-order valence-corrected chi connectivity index (χ4v) is 2.29. The highest BCUT2D eigenvalue weighted by molar-refractivity contribution is 7.10. The molecular weight excluding hydrogens is 260 g/mol. The first-order chi connectivity index (χ1) is 9.10. The molecule has 0 aliphatic carbocycles. The first kappa shape index (κ1) is 13.7. The monoisotopic (exact) mass is 278 g/mol. The van der Waals surface area contributed by atoms with E-state index in [0.29, 0.717) is 17.8 Å². The van der Waals surface area contributed by atoms with Crippen LogP contribution in [0.15, 0.2) is 11.4 Å². The molecule has 0 atom stereocenters. The highest BCUT2D eigenvalue weighted by Crippen LogP contribution is 2.26. The highest BCUT2D eigenvalue weighted by Gasteiger charge is 2.12. The average Bonchev–Trinajstić information content (AvgIpc) is 2.74. The Labute approximate surface area is 117 Å². The van der Waals surface area contributed by atoms with Crippen LogP contribution in [-0.2, 0) is 0 Å². The fourth-order valence-electron chi connectivity index (χ4n) is 1.59. The Morgan fingerprint density at radius 3 is 2.68 bits per heavy atom. The minimum Gasteiger partial charge on any atom is -0.461 e. The summed E-state index contributed by atoms with van der Waals surface area (Å²) in [6, 6.07) is 2.38. The van der Waals surface area contributed by atoms with Crippen molar-refractivity contribution in [3.8, 4) is 17.4 Å². The van der Waals surface area contributed by atoms with Gasteiger partial charge in [-0.15, -0.1) is 11.3 Å². The molecule has 0 saturated heterocycles. The van der Waals surface area contributed by atoms with Crippen molar-refractivity contribution in [3.05, 3.63) is 16.3 Å². The normalized spacial score (nSPS) is 10.8. The van der Waals surface area contributed by atoms with Gasteiger partial charge in [0.15, 0.2) is 5.82 Å². The van der Waals surface area contributed by atoms with Crippen molar-refractivity contribution < 1.29 is 4.74 Å². The van der Waals surface area contributed by atoms with Crippen LogP contribution >= 0.6 is 11.3 Å². The van der Waals surface area contributed by atoms with Crippen LogP contribution in [0.4, 0.5) is 5.95 Å². The second kappa shape index (κ2) is 5.97. The summed E-state index contributed by atoms with van der Waals surface area (Å²) in [5.74, 6) is 1.20. The Morgan fingerprint density at radius 1 is 1.32 bits per heavy atom. The minimum atomic E-state index is 0.0355. The maximum atomic E-state index is 5.58. The molecular formula is C13H18N4OS. The molecule has 0 aliphatic heterocycles. The van der Waals surface area contributed by atoms with Crippen molar-refractivity contribution in [1.29, 1.82) is 0 Å². The largest absolute Gasteiger partial charge is 0.461 e. The molecule has 5 nitrogen and oxygen atoms in total. The predicted molar refractivity (Wildman–Crippen MR) is 77.8 cm³/mol. The van der Waals surface area contributed by atoms with E-state index in [4.69, 9.17) is 4.74 Å². The Hall–Kier alpha value is -1.69. The van der Waals surface area contributed by atoms with Gasteiger partial charge < -0.3 is 10.1 Å². The minimum absolute atomic E-state index is 0.0355. The molecule has 0 unspecified atom stereocenters. The Balaban J connectivity index is 2.42. The van der Waals surface area contributed by atoms with Gasteiger partial charge in [0.2, 0.25) is 5.95 Å². The molecule has 0 aliphatic rings. The van der Waals surface area contributed by atoms with E-state index < -0.39 is 0 Å². The maximum Gasteiger partial charge on any atom is 0.322 e. The van der Waals surface area contributed by atoms with Crippen LogP contribution in [0.3, 0.4) is 0 Å². The SMILES string of the molecule is CCNc1nc(OC(C)C)nc(-c2ccsc2C)n1. The lowest BCUT2D eigenvalue weighted by atomic mass is 10.2. The second-order valence-electron chi connectivity index (χ2n) is 4.35. The summed E-state index contributed by atoms with van der Waals surface area (Å²) in [5, 5.41) is 5.14. The third-order valence-electron chi connectivity index (χ3n) is 2.39. The number of nitrogens with one attached hydrogen (secondary N) is 1. The van der Waals surface area contributed by atoms with E-state index in [1.807, 2.05) is 32.2 Å². The van der Waals surface area contributed by atoms with Gasteiger partial charge in [0.05, 0.1) is 6.10 Å². The molecule has 0 saturated carbocycles. The molecule has 0 fully saturated rings. The van der Waals surface area contributed by atoms with E-state index >= 15 is 0 Å². The molecule has 102 valence electrons. The summed E-state index contributed by atoms with van der Waals surface area (Å²) in [5.41, 5.74) is 1.03. The zero-order chi connectivity index (χ0) is 13.8. The lowest BCUT2D eigenvalue weighted by molar-refractivity contribution is 0.222. The number of nitrogens with zero attached hydrogens (tertiary/aromatic N) is 3.